The molecule has 28 heavy (non-hydrogen) atoms. The first-order valence-electron chi connectivity index (χ1n) is 10.1. The average Bonchev–Trinajstić information content (AvgIpc) is 2.67. The molecule has 148 valence electrons. The number of carbonyl (C=O) groups excluding carboxylic acids is 3. The van der Waals surface area contributed by atoms with E-state index in [2.05, 4.69) is 17.6 Å². The minimum absolute atomic E-state index is 0.0689. The van der Waals surface area contributed by atoms with Gasteiger partial charge in [0.05, 0.1) is 12.1 Å². The van der Waals surface area contributed by atoms with Crippen LogP contribution in [0.2, 0.25) is 0 Å². The van der Waals surface area contributed by atoms with Crippen LogP contribution in [-0.2, 0) is 9.59 Å². The number of hydrogen-bond donors (Lipinski definition) is 2. The molecule has 1 saturated heterocycles. The molecule has 7 nitrogen and oxygen atoms in total. The van der Waals surface area contributed by atoms with Gasteiger partial charge in [-0.1, -0.05) is 19.1 Å². The van der Waals surface area contributed by atoms with E-state index in [9.17, 15) is 14.4 Å². The molecule has 5 aliphatic rings. The molecule has 6 rings (SSSR count). The van der Waals surface area contributed by atoms with Gasteiger partial charge in [-0.25, -0.2) is 0 Å². The zero-order chi connectivity index (χ0) is 19.5. The topological polar surface area (TPSA) is 87.7 Å². The summed E-state index contributed by atoms with van der Waals surface area (Å²) in [5, 5.41) is 5.91. The van der Waals surface area contributed by atoms with Crippen LogP contribution in [-0.4, -0.2) is 48.0 Å². The molecule has 4 atom stereocenters. The lowest BCUT2D eigenvalue weighted by Gasteiger charge is -2.60. The van der Waals surface area contributed by atoms with Crippen molar-refractivity contribution in [1.82, 2.24) is 15.5 Å². The molecule has 1 aromatic carbocycles. The van der Waals surface area contributed by atoms with Gasteiger partial charge in [0.2, 0.25) is 11.8 Å². The smallest absolute Gasteiger partial charge is 0.258 e. The molecule has 4 fully saturated rings. The van der Waals surface area contributed by atoms with Gasteiger partial charge >= 0.3 is 0 Å². The lowest BCUT2D eigenvalue weighted by molar-refractivity contribution is -0.175. The third-order valence-corrected chi connectivity index (χ3v) is 7.15. The summed E-state index contributed by atoms with van der Waals surface area (Å²) in [6.45, 7) is 3.35. The Hall–Kier alpha value is -2.57. The van der Waals surface area contributed by atoms with Gasteiger partial charge in [-0.3, -0.25) is 14.4 Å². The Kier molecular flexibility index (Phi) is 3.73. The van der Waals surface area contributed by atoms with Crippen LogP contribution >= 0.6 is 0 Å². The summed E-state index contributed by atoms with van der Waals surface area (Å²) >= 11 is 0. The summed E-state index contributed by atoms with van der Waals surface area (Å²) in [5.74, 6) is 0.437. The van der Waals surface area contributed by atoms with E-state index in [0.717, 1.165) is 12.8 Å². The van der Waals surface area contributed by atoms with E-state index in [-0.39, 0.29) is 41.5 Å². The largest absolute Gasteiger partial charge is 0.467 e. The minimum Gasteiger partial charge on any atom is -0.467 e. The monoisotopic (exact) mass is 383 g/mol. The highest BCUT2D eigenvalue weighted by atomic mass is 16.5. The maximum absolute atomic E-state index is 13.2. The normalized spacial score (nSPS) is 36.4. The number of fused-ring (bicyclic) bond motifs is 3. The molecule has 1 aromatic rings. The number of piperazine rings is 1. The molecular formula is C21H25N3O4. The molecule has 7 heteroatoms. The number of nitrogens with one attached hydrogen (secondary N) is 2. The van der Waals surface area contributed by atoms with E-state index in [4.69, 9.17) is 4.74 Å². The molecule has 0 aromatic heterocycles. The number of carbonyl (C=O) groups is 3. The lowest BCUT2D eigenvalue weighted by atomic mass is 9.52. The van der Waals surface area contributed by atoms with Crippen molar-refractivity contribution in [3.05, 3.63) is 29.8 Å². The lowest BCUT2D eigenvalue weighted by Crippen LogP contribution is -2.69. The Balaban J connectivity index is 1.42. The van der Waals surface area contributed by atoms with E-state index < -0.39 is 5.72 Å². The van der Waals surface area contributed by atoms with Crippen LogP contribution in [0.5, 0.6) is 5.75 Å². The molecule has 0 unspecified atom stereocenters. The highest BCUT2D eigenvalue weighted by molar-refractivity contribution is 5.98. The van der Waals surface area contributed by atoms with Crippen molar-refractivity contribution in [3.63, 3.8) is 0 Å². The Morgan fingerprint density at radius 3 is 2.89 bits per heavy atom. The van der Waals surface area contributed by atoms with Crippen molar-refractivity contribution < 1.29 is 19.1 Å². The third kappa shape index (κ3) is 2.52. The molecule has 3 saturated carbocycles. The van der Waals surface area contributed by atoms with Crippen molar-refractivity contribution in [2.75, 3.05) is 19.6 Å². The molecule has 2 aliphatic heterocycles. The van der Waals surface area contributed by atoms with Crippen LogP contribution in [0, 0.1) is 17.3 Å². The van der Waals surface area contributed by atoms with Gasteiger partial charge in [-0.2, -0.15) is 0 Å². The fourth-order valence-electron chi connectivity index (χ4n) is 5.68. The van der Waals surface area contributed by atoms with Crippen LogP contribution in [0.25, 0.3) is 0 Å². The summed E-state index contributed by atoms with van der Waals surface area (Å²) in [4.78, 5) is 39.4. The average molecular weight is 383 g/mol. The standard InChI is InChI=1S/C21H25N3O4/c1-20-7-6-13(10-15(20)19(27)24-9-8-22-17(25)11-24)21(12-20)23-18(26)14-4-2-3-5-16(14)28-21/h2-5,13,15H,6-12H2,1H3,(H,22,25)(H,23,26)/t13-,15-,20-,21+/m1/s1. The number of rotatable bonds is 1. The molecular weight excluding hydrogens is 358 g/mol. The maximum Gasteiger partial charge on any atom is 0.258 e. The number of nitrogens with zero attached hydrogens (tertiary/aromatic N) is 1. The first kappa shape index (κ1) is 17.5. The van der Waals surface area contributed by atoms with Crippen molar-refractivity contribution in [3.8, 4) is 5.75 Å². The fraction of sp³-hybridized carbons (Fsp3) is 0.571. The van der Waals surface area contributed by atoms with Crippen LogP contribution < -0.4 is 15.4 Å². The molecule has 3 aliphatic carbocycles. The van der Waals surface area contributed by atoms with Crippen LogP contribution in [0.4, 0.5) is 0 Å². The minimum atomic E-state index is -0.742. The van der Waals surface area contributed by atoms with E-state index in [1.54, 1.807) is 11.0 Å². The van der Waals surface area contributed by atoms with E-state index >= 15 is 0 Å². The summed E-state index contributed by atoms with van der Waals surface area (Å²) in [6.07, 6.45) is 3.14. The van der Waals surface area contributed by atoms with Crippen molar-refractivity contribution >= 4 is 17.7 Å². The quantitative estimate of drug-likeness (QED) is 0.765. The SMILES string of the molecule is C[C@]12CC[C@H](C[C@@H]1C(=O)N1CCNC(=O)C1)[C@@]1(C2)NC(=O)c2ccccc2O1. The first-order chi connectivity index (χ1) is 13.4. The fourth-order valence-corrected chi connectivity index (χ4v) is 5.68. The summed E-state index contributed by atoms with van der Waals surface area (Å²) in [6, 6.07) is 7.32. The Labute approximate surface area is 163 Å². The molecule has 0 radical (unpaired) electrons. The predicted octanol–water partition coefficient (Wildman–Crippen LogP) is 1.29. The van der Waals surface area contributed by atoms with Gasteiger partial charge in [0, 0.05) is 31.3 Å². The number of para-hydroxylation sites is 1. The van der Waals surface area contributed by atoms with Gasteiger partial charge in [0.1, 0.15) is 5.75 Å². The van der Waals surface area contributed by atoms with Gasteiger partial charge < -0.3 is 20.3 Å². The van der Waals surface area contributed by atoms with Crippen LogP contribution in [0.1, 0.15) is 43.0 Å². The third-order valence-electron chi connectivity index (χ3n) is 7.15. The number of hydrogen-bond acceptors (Lipinski definition) is 4. The molecule has 3 amide bonds. The highest BCUT2D eigenvalue weighted by Gasteiger charge is 2.62. The number of benzene rings is 1. The molecule has 1 spiro atoms. The van der Waals surface area contributed by atoms with Gasteiger partial charge in [0.15, 0.2) is 5.72 Å². The van der Waals surface area contributed by atoms with Gasteiger partial charge in [-0.15, -0.1) is 0 Å². The molecule has 2 heterocycles. The number of amides is 3. The second-order valence-electron chi connectivity index (χ2n) is 8.91. The summed E-state index contributed by atoms with van der Waals surface area (Å²) < 4.78 is 6.40. The first-order valence-corrected chi connectivity index (χ1v) is 10.1. The predicted molar refractivity (Wildman–Crippen MR) is 100 cm³/mol. The Morgan fingerprint density at radius 2 is 2.11 bits per heavy atom. The van der Waals surface area contributed by atoms with Crippen molar-refractivity contribution in [2.45, 2.75) is 38.3 Å². The van der Waals surface area contributed by atoms with Crippen molar-refractivity contribution in [1.29, 1.82) is 0 Å². The maximum atomic E-state index is 13.2. The van der Waals surface area contributed by atoms with Gasteiger partial charge in [-0.05, 0) is 36.8 Å². The molecule has 2 N–H and O–H groups in total. The number of ether oxygens (including phenoxy) is 1. The highest BCUT2D eigenvalue weighted by Crippen LogP contribution is 2.59. The molecule has 2 bridgehead atoms. The summed E-state index contributed by atoms with van der Waals surface area (Å²) in [5.41, 5.74) is -0.444. The Bertz CT molecular complexity index is 871. The van der Waals surface area contributed by atoms with Crippen LogP contribution in [0.15, 0.2) is 24.3 Å². The second-order valence-corrected chi connectivity index (χ2v) is 8.91. The van der Waals surface area contributed by atoms with E-state index in [0.29, 0.717) is 37.2 Å². The van der Waals surface area contributed by atoms with Gasteiger partial charge in [0.25, 0.3) is 5.91 Å². The zero-order valence-corrected chi connectivity index (χ0v) is 16.0. The zero-order valence-electron chi connectivity index (χ0n) is 16.0. The van der Waals surface area contributed by atoms with E-state index in [1.165, 1.54) is 0 Å². The second kappa shape index (κ2) is 5.96. The van der Waals surface area contributed by atoms with Crippen molar-refractivity contribution in [2.24, 2.45) is 17.3 Å². The van der Waals surface area contributed by atoms with Crippen LogP contribution in [0.3, 0.4) is 0 Å². The summed E-state index contributed by atoms with van der Waals surface area (Å²) in [7, 11) is 0. The Morgan fingerprint density at radius 1 is 1.29 bits per heavy atom. The van der Waals surface area contributed by atoms with E-state index in [1.807, 2.05) is 18.2 Å².